The summed E-state index contributed by atoms with van der Waals surface area (Å²) in [6.07, 6.45) is 6.98. The molecule has 0 aromatic carbocycles. The van der Waals surface area contributed by atoms with Crippen molar-refractivity contribution in [2.75, 3.05) is 23.5 Å². The zero-order chi connectivity index (χ0) is 12.4. The van der Waals surface area contributed by atoms with Crippen molar-refractivity contribution in [2.24, 2.45) is 5.84 Å². The van der Waals surface area contributed by atoms with Crippen LogP contribution in [0.3, 0.4) is 0 Å². The van der Waals surface area contributed by atoms with Gasteiger partial charge in [-0.1, -0.05) is 12.8 Å². The van der Waals surface area contributed by atoms with Gasteiger partial charge in [-0.15, -0.1) is 0 Å². The number of morpholine rings is 1. The van der Waals surface area contributed by atoms with E-state index < -0.39 is 0 Å². The minimum atomic E-state index is 0.358. The molecule has 2 atom stereocenters. The topological polar surface area (TPSA) is 76.3 Å². The van der Waals surface area contributed by atoms with Crippen LogP contribution in [-0.4, -0.2) is 35.3 Å². The zero-order valence-electron chi connectivity index (χ0n) is 10.4. The van der Waals surface area contributed by atoms with Crippen LogP contribution < -0.4 is 16.2 Å². The smallest absolute Gasteiger partial charge is 0.239 e. The molecule has 1 saturated carbocycles. The van der Waals surface area contributed by atoms with Crippen LogP contribution in [-0.2, 0) is 4.74 Å². The first-order valence-corrected chi connectivity index (χ1v) is 6.56. The van der Waals surface area contributed by atoms with Crippen LogP contribution in [0.4, 0.5) is 11.8 Å². The van der Waals surface area contributed by atoms with Gasteiger partial charge in [0, 0.05) is 12.7 Å². The van der Waals surface area contributed by atoms with Gasteiger partial charge < -0.3 is 9.64 Å². The number of nitrogen functional groups attached to an aromatic ring is 1. The van der Waals surface area contributed by atoms with Crippen molar-refractivity contribution in [2.45, 2.75) is 37.8 Å². The minimum Gasteiger partial charge on any atom is -0.374 e. The third-order valence-corrected chi connectivity index (χ3v) is 3.80. The number of hydrogen-bond acceptors (Lipinski definition) is 6. The highest BCUT2D eigenvalue weighted by Crippen LogP contribution is 2.31. The molecule has 6 heteroatoms. The fourth-order valence-corrected chi connectivity index (χ4v) is 2.96. The second-order valence-electron chi connectivity index (χ2n) is 4.84. The van der Waals surface area contributed by atoms with E-state index in [2.05, 4.69) is 20.3 Å². The highest BCUT2D eigenvalue weighted by atomic mass is 16.5. The van der Waals surface area contributed by atoms with Crippen LogP contribution in [0.25, 0.3) is 0 Å². The summed E-state index contributed by atoms with van der Waals surface area (Å²) in [5.74, 6) is 6.77. The van der Waals surface area contributed by atoms with Gasteiger partial charge in [0.25, 0.3) is 0 Å². The number of ether oxygens (including phenoxy) is 1. The van der Waals surface area contributed by atoms with Crippen molar-refractivity contribution in [3.8, 4) is 0 Å². The maximum Gasteiger partial charge on any atom is 0.239 e. The predicted molar refractivity (Wildman–Crippen MR) is 69.2 cm³/mol. The Morgan fingerprint density at radius 1 is 1.39 bits per heavy atom. The Morgan fingerprint density at radius 3 is 3.17 bits per heavy atom. The van der Waals surface area contributed by atoms with Crippen LogP contribution in [0.5, 0.6) is 0 Å². The number of aromatic nitrogens is 2. The molecule has 3 rings (SSSR count). The molecular weight excluding hydrogens is 230 g/mol. The van der Waals surface area contributed by atoms with E-state index in [-0.39, 0.29) is 0 Å². The molecule has 0 spiro atoms. The molecule has 2 fully saturated rings. The Bertz CT molecular complexity index is 411. The number of rotatable bonds is 2. The fourth-order valence-electron chi connectivity index (χ4n) is 2.96. The first-order chi connectivity index (χ1) is 8.88. The third kappa shape index (κ3) is 2.13. The monoisotopic (exact) mass is 249 g/mol. The summed E-state index contributed by atoms with van der Waals surface area (Å²) in [7, 11) is 0. The summed E-state index contributed by atoms with van der Waals surface area (Å²) >= 11 is 0. The number of nitrogens with one attached hydrogen (secondary N) is 1. The summed E-state index contributed by atoms with van der Waals surface area (Å²) < 4.78 is 5.86. The molecule has 1 aromatic heterocycles. The van der Waals surface area contributed by atoms with Gasteiger partial charge in [-0.3, -0.25) is 5.43 Å². The van der Waals surface area contributed by atoms with Crippen LogP contribution >= 0.6 is 0 Å². The molecule has 0 amide bonds. The Kier molecular flexibility index (Phi) is 3.29. The van der Waals surface area contributed by atoms with Crippen molar-refractivity contribution >= 4 is 11.8 Å². The maximum atomic E-state index is 5.86. The van der Waals surface area contributed by atoms with Gasteiger partial charge in [0.15, 0.2) is 0 Å². The molecule has 1 aromatic rings. The van der Waals surface area contributed by atoms with E-state index in [9.17, 15) is 0 Å². The van der Waals surface area contributed by atoms with E-state index in [0.717, 1.165) is 25.4 Å². The molecule has 0 bridgehead atoms. The molecule has 18 heavy (non-hydrogen) atoms. The zero-order valence-corrected chi connectivity index (χ0v) is 10.4. The summed E-state index contributed by atoms with van der Waals surface area (Å²) in [5.41, 5.74) is 2.50. The molecule has 2 unspecified atom stereocenters. The van der Waals surface area contributed by atoms with E-state index in [4.69, 9.17) is 10.6 Å². The van der Waals surface area contributed by atoms with Crippen LogP contribution in [0.1, 0.15) is 25.7 Å². The SMILES string of the molecule is NNc1nccc(N2CCOC3CCCCC32)n1. The molecule has 2 heterocycles. The van der Waals surface area contributed by atoms with E-state index in [1.807, 2.05) is 6.07 Å². The van der Waals surface area contributed by atoms with Crippen LogP contribution in [0.2, 0.25) is 0 Å². The normalized spacial score (nSPS) is 27.7. The van der Waals surface area contributed by atoms with Crippen LogP contribution in [0, 0.1) is 0 Å². The van der Waals surface area contributed by atoms with Crippen molar-refractivity contribution in [1.29, 1.82) is 0 Å². The molecule has 1 aliphatic carbocycles. The standard InChI is InChI=1S/C12H19N5O/c13-16-12-14-6-5-11(15-12)17-7-8-18-10-4-2-1-3-9(10)17/h5-6,9-10H,1-4,7-8,13H2,(H,14,15,16). The van der Waals surface area contributed by atoms with Gasteiger partial charge >= 0.3 is 0 Å². The average Bonchev–Trinajstić information content (AvgIpc) is 2.47. The Labute approximate surface area is 107 Å². The number of hydrogen-bond donors (Lipinski definition) is 2. The van der Waals surface area contributed by atoms with Gasteiger partial charge in [-0.2, -0.15) is 4.98 Å². The number of fused-ring (bicyclic) bond motifs is 1. The maximum absolute atomic E-state index is 5.86. The van der Waals surface area contributed by atoms with Crippen molar-refractivity contribution in [3.63, 3.8) is 0 Å². The van der Waals surface area contributed by atoms with Crippen molar-refractivity contribution < 1.29 is 4.74 Å². The second-order valence-corrected chi connectivity index (χ2v) is 4.84. The van der Waals surface area contributed by atoms with Gasteiger partial charge in [0.1, 0.15) is 5.82 Å². The van der Waals surface area contributed by atoms with E-state index >= 15 is 0 Å². The first kappa shape index (κ1) is 11.7. The third-order valence-electron chi connectivity index (χ3n) is 3.80. The Balaban J connectivity index is 1.84. The van der Waals surface area contributed by atoms with Crippen molar-refractivity contribution in [1.82, 2.24) is 9.97 Å². The van der Waals surface area contributed by atoms with Gasteiger partial charge in [-0.25, -0.2) is 10.8 Å². The number of anilines is 2. The molecule has 2 aliphatic rings. The van der Waals surface area contributed by atoms with E-state index in [1.54, 1.807) is 6.20 Å². The molecule has 0 radical (unpaired) electrons. The van der Waals surface area contributed by atoms with Gasteiger partial charge in [0.2, 0.25) is 5.95 Å². The Morgan fingerprint density at radius 2 is 2.28 bits per heavy atom. The number of nitrogens with two attached hydrogens (primary N) is 1. The molecule has 1 aliphatic heterocycles. The lowest BCUT2D eigenvalue weighted by Crippen LogP contribution is -2.53. The lowest BCUT2D eigenvalue weighted by Gasteiger charge is -2.44. The summed E-state index contributed by atoms with van der Waals surface area (Å²) in [6.45, 7) is 1.67. The highest BCUT2D eigenvalue weighted by molar-refractivity contribution is 5.44. The minimum absolute atomic E-state index is 0.358. The molecule has 6 nitrogen and oxygen atoms in total. The predicted octanol–water partition coefficient (Wildman–Crippen LogP) is 0.910. The highest BCUT2D eigenvalue weighted by Gasteiger charge is 2.34. The Hall–Kier alpha value is -1.40. The average molecular weight is 249 g/mol. The molecule has 98 valence electrons. The van der Waals surface area contributed by atoms with Gasteiger partial charge in [-0.05, 0) is 18.9 Å². The lowest BCUT2D eigenvalue weighted by atomic mass is 9.90. The van der Waals surface area contributed by atoms with E-state index in [0.29, 0.717) is 18.1 Å². The lowest BCUT2D eigenvalue weighted by molar-refractivity contribution is -0.00898. The number of hydrazine groups is 1. The molecule has 3 N–H and O–H groups in total. The summed E-state index contributed by atoms with van der Waals surface area (Å²) in [5, 5.41) is 0. The molecular formula is C12H19N5O. The number of nitrogens with zero attached hydrogens (tertiary/aromatic N) is 3. The van der Waals surface area contributed by atoms with E-state index in [1.165, 1.54) is 19.3 Å². The second kappa shape index (κ2) is 5.07. The van der Waals surface area contributed by atoms with Gasteiger partial charge in [0.05, 0.1) is 18.8 Å². The quantitative estimate of drug-likeness (QED) is 0.599. The molecule has 1 saturated heterocycles. The summed E-state index contributed by atoms with van der Waals surface area (Å²) in [6, 6.07) is 2.39. The van der Waals surface area contributed by atoms with Crippen molar-refractivity contribution in [3.05, 3.63) is 12.3 Å². The largest absolute Gasteiger partial charge is 0.374 e. The first-order valence-electron chi connectivity index (χ1n) is 6.56. The summed E-state index contributed by atoms with van der Waals surface area (Å²) in [4.78, 5) is 10.8. The fraction of sp³-hybridized carbons (Fsp3) is 0.667. The van der Waals surface area contributed by atoms with Crippen LogP contribution in [0.15, 0.2) is 12.3 Å².